The van der Waals surface area contributed by atoms with Gasteiger partial charge in [0.25, 0.3) is 5.91 Å². The molecule has 1 N–H and O–H groups in total. The minimum absolute atomic E-state index is 0.0750. The van der Waals surface area contributed by atoms with Crippen LogP contribution in [-0.4, -0.2) is 47.2 Å². The molecular weight excluding hydrogens is 308 g/mol. The highest BCUT2D eigenvalue weighted by atomic mass is 16.5. The van der Waals surface area contributed by atoms with Crippen LogP contribution in [0.1, 0.15) is 33.7 Å². The number of anilines is 2. The highest BCUT2D eigenvalue weighted by Crippen LogP contribution is 2.16. The van der Waals surface area contributed by atoms with Crippen molar-refractivity contribution in [2.24, 2.45) is 0 Å². The molecule has 0 radical (unpaired) electrons. The molecule has 0 bridgehead atoms. The Morgan fingerprint density at radius 3 is 2.33 bits per heavy atom. The van der Waals surface area contributed by atoms with Gasteiger partial charge in [-0.25, -0.2) is 4.79 Å². The second-order valence-corrected chi connectivity index (χ2v) is 5.50. The smallest absolute Gasteiger partial charge is 0.337 e. The number of hydrogen-bond donors (Lipinski definition) is 1. The fourth-order valence-electron chi connectivity index (χ4n) is 2.55. The summed E-state index contributed by atoms with van der Waals surface area (Å²) < 4.78 is 4.65. The third-order valence-corrected chi connectivity index (χ3v) is 3.86. The van der Waals surface area contributed by atoms with Gasteiger partial charge in [-0.15, -0.1) is 10.2 Å². The Hall–Kier alpha value is -2.96. The monoisotopic (exact) mass is 326 g/mol. The summed E-state index contributed by atoms with van der Waals surface area (Å²) in [6.07, 6.45) is 2.08. The maximum absolute atomic E-state index is 12.2. The molecule has 1 aliphatic rings. The first-order valence-electron chi connectivity index (χ1n) is 7.76. The Morgan fingerprint density at radius 2 is 1.75 bits per heavy atom. The van der Waals surface area contributed by atoms with E-state index in [0.29, 0.717) is 17.1 Å². The van der Waals surface area contributed by atoms with Gasteiger partial charge >= 0.3 is 5.97 Å². The van der Waals surface area contributed by atoms with Gasteiger partial charge in [0.2, 0.25) is 0 Å². The van der Waals surface area contributed by atoms with Crippen molar-refractivity contribution in [2.75, 3.05) is 25.5 Å². The van der Waals surface area contributed by atoms with Crippen molar-refractivity contribution in [3.05, 3.63) is 47.7 Å². The van der Waals surface area contributed by atoms with E-state index >= 15 is 0 Å². The van der Waals surface area contributed by atoms with Gasteiger partial charge < -0.3 is 15.0 Å². The summed E-state index contributed by atoms with van der Waals surface area (Å²) in [6, 6.07) is 10.2. The van der Waals surface area contributed by atoms with E-state index < -0.39 is 0 Å². The molecular formula is C17H18N4O3. The Balaban J connectivity index is 1.65. The van der Waals surface area contributed by atoms with Gasteiger partial charge in [-0.2, -0.15) is 0 Å². The normalized spacial score (nSPS) is 13.6. The second kappa shape index (κ2) is 7.08. The largest absolute Gasteiger partial charge is 0.465 e. The number of rotatable bonds is 4. The van der Waals surface area contributed by atoms with Gasteiger partial charge in [-0.05, 0) is 49.2 Å². The number of carbonyl (C=O) groups excluding carboxylic acids is 2. The number of nitrogens with one attached hydrogen (secondary N) is 1. The van der Waals surface area contributed by atoms with Crippen molar-refractivity contribution in [3.63, 3.8) is 0 Å². The van der Waals surface area contributed by atoms with Crippen LogP contribution < -0.4 is 5.32 Å². The summed E-state index contributed by atoms with van der Waals surface area (Å²) in [5, 5.41) is 11.1. The SMILES string of the molecule is COC(=O)c1ccc(Nc2ccc(C(=O)N3CCCC3)nn2)cc1. The highest BCUT2D eigenvalue weighted by Gasteiger charge is 2.20. The molecule has 2 aromatic rings. The predicted octanol–water partition coefficient (Wildman–Crippen LogP) is 2.24. The number of benzene rings is 1. The van der Waals surface area contributed by atoms with E-state index in [1.54, 1.807) is 41.3 Å². The number of aromatic nitrogens is 2. The van der Waals surface area contributed by atoms with Gasteiger partial charge in [0.05, 0.1) is 12.7 Å². The number of carbonyl (C=O) groups is 2. The molecule has 1 amide bonds. The molecule has 0 unspecified atom stereocenters. The molecule has 0 saturated carbocycles. The minimum atomic E-state index is -0.383. The third kappa shape index (κ3) is 3.51. The zero-order valence-corrected chi connectivity index (χ0v) is 13.4. The van der Waals surface area contributed by atoms with E-state index in [0.717, 1.165) is 31.6 Å². The summed E-state index contributed by atoms with van der Waals surface area (Å²) in [6.45, 7) is 1.57. The van der Waals surface area contributed by atoms with E-state index in [1.165, 1.54) is 7.11 Å². The van der Waals surface area contributed by atoms with Gasteiger partial charge in [-0.3, -0.25) is 4.79 Å². The average molecular weight is 326 g/mol. The quantitative estimate of drug-likeness (QED) is 0.868. The summed E-state index contributed by atoms with van der Waals surface area (Å²) in [4.78, 5) is 25.4. The van der Waals surface area contributed by atoms with Gasteiger partial charge in [0.1, 0.15) is 0 Å². The maximum atomic E-state index is 12.2. The highest BCUT2D eigenvalue weighted by molar-refractivity contribution is 5.92. The first-order chi connectivity index (χ1) is 11.7. The molecule has 1 aliphatic heterocycles. The fourth-order valence-corrected chi connectivity index (χ4v) is 2.55. The predicted molar refractivity (Wildman–Crippen MR) is 88.2 cm³/mol. The van der Waals surface area contributed by atoms with Crippen molar-refractivity contribution in [2.45, 2.75) is 12.8 Å². The zero-order valence-electron chi connectivity index (χ0n) is 13.4. The molecule has 1 fully saturated rings. The number of ether oxygens (including phenoxy) is 1. The third-order valence-electron chi connectivity index (χ3n) is 3.86. The lowest BCUT2D eigenvalue weighted by atomic mass is 10.2. The van der Waals surface area contributed by atoms with E-state index in [2.05, 4.69) is 20.3 Å². The molecule has 0 atom stereocenters. The molecule has 2 heterocycles. The van der Waals surface area contributed by atoms with Crippen LogP contribution in [0.5, 0.6) is 0 Å². The van der Waals surface area contributed by atoms with Crippen LogP contribution in [-0.2, 0) is 4.74 Å². The summed E-state index contributed by atoms with van der Waals surface area (Å²) in [5.74, 6) is 0.0684. The van der Waals surface area contributed by atoms with Crippen LogP contribution in [0.3, 0.4) is 0 Å². The Morgan fingerprint density at radius 1 is 1.04 bits per heavy atom. The molecule has 0 aliphatic carbocycles. The van der Waals surface area contributed by atoms with Crippen LogP contribution in [0.25, 0.3) is 0 Å². The van der Waals surface area contributed by atoms with Crippen LogP contribution in [0.15, 0.2) is 36.4 Å². The standard InChI is InChI=1S/C17H18N4O3/c1-24-17(23)12-4-6-13(7-5-12)18-15-9-8-14(19-20-15)16(22)21-10-2-3-11-21/h4-9H,2-3,10-11H2,1H3,(H,18,20). The average Bonchev–Trinajstić information content (AvgIpc) is 3.16. The number of esters is 1. The van der Waals surface area contributed by atoms with Crippen LogP contribution in [0.2, 0.25) is 0 Å². The summed E-state index contributed by atoms with van der Waals surface area (Å²) in [5.41, 5.74) is 1.58. The number of likely N-dealkylation sites (tertiary alicyclic amines) is 1. The van der Waals surface area contributed by atoms with Crippen molar-refractivity contribution >= 4 is 23.4 Å². The first kappa shape index (κ1) is 15.9. The number of methoxy groups -OCH3 is 1. The Bertz CT molecular complexity index is 723. The van der Waals surface area contributed by atoms with Crippen molar-refractivity contribution in [3.8, 4) is 0 Å². The molecule has 124 valence electrons. The van der Waals surface area contributed by atoms with Crippen molar-refractivity contribution in [1.29, 1.82) is 0 Å². The molecule has 1 aromatic carbocycles. The maximum Gasteiger partial charge on any atom is 0.337 e. The molecule has 1 aromatic heterocycles. The molecule has 7 heteroatoms. The summed E-state index contributed by atoms with van der Waals surface area (Å²) >= 11 is 0. The number of nitrogens with zero attached hydrogens (tertiary/aromatic N) is 3. The zero-order chi connectivity index (χ0) is 16.9. The van der Waals surface area contributed by atoms with E-state index in [1.807, 2.05) is 0 Å². The molecule has 3 rings (SSSR count). The van der Waals surface area contributed by atoms with E-state index in [-0.39, 0.29) is 11.9 Å². The Kier molecular flexibility index (Phi) is 4.69. The molecule has 7 nitrogen and oxygen atoms in total. The molecule has 1 saturated heterocycles. The number of amides is 1. The van der Waals surface area contributed by atoms with Crippen LogP contribution in [0.4, 0.5) is 11.5 Å². The van der Waals surface area contributed by atoms with Crippen LogP contribution >= 0.6 is 0 Å². The van der Waals surface area contributed by atoms with Crippen LogP contribution in [0, 0.1) is 0 Å². The van der Waals surface area contributed by atoms with Gasteiger partial charge in [0, 0.05) is 18.8 Å². The number of hydrogen-bond acceptors (Lipinski definition) is 6. The lowest BCUT2D eigenvalue weighted by molar-refractivity contribution is 0.0600. The van der Waals surface area contributed by atoms with Crippen molar-refractivity contribution < 1.29 is 14.3 Å². The van der Waals surface area contributed by atoms with E-state index in [4.69, 9.17) is 0 Å². The molecule has 0 spiro atoms. The summed E-state index contributed by atoms with van der Waals surface area (Å²) in [7, 11) is 1.34. The van der Waals surface area contributed by atoms with Gasteiger partial charge in [0.15, 0.2) is 11.5 Å². The lowest BCUT2D eigenvalue weighted by Gasteiger charge is -2.14. The Labute approximate surface area is 139 Å². The fraction of sp³-hybridized carbons (Fsp3) is 0.294. The van der Waals surface area contributed by atoms with Gasteiger partial charge in [-0.1, -0.05) is 0 Å². The second-order valence-electron chi connectivity index (χ2n) is 5.50. The first-order valence-corrected chi connectivity index (χ1v) is 7.76. The van der Waals surface area contributed by atoms with E-state index in [9.17, 15) is 9.59 Å². The van der Waals surface area contributed by atoms with Crippen molar-refractivity contribution in [1.82, 2.24) is 15.1 Å². The lowest BCUT2D eigenvalue weighted by Crippen LogP contribution is -2.28. The molecule has 24 heavy (non-hydrogen) atoms. The minimum Gasteiger partial charge on any atom is -0.465 e. The topological polar surface area (TPSA) is 84.4 Å².